The van der Waals surface area contributed by atoms with Crippen molar-refractivity contribution in [2.75, 3.05) is 6.61 Å². The second-order valence-electron chi connectivity index (χ2n) is 5.61. The van der Waals surface area contributed by atoms with Gasteiger partial charge in [0.05, 0.1) is 15.1 Å². The van der Waals surface area contributed by atoms with E-state index >= 15 is 0 Å². The first-order chi connectivity index (χ1) is 12.5. The molecule has 0 radical (unpaired) electrons. The molecule has 26 heavy (non-hydrogen) atoms. The molecular weight excluding hydrogens is 412 g/mol. The van der Waals surface area contributed by atoms with E-state index in [1.165, 1.54) is 17.3 Å². The van der Waals surface area contributed by atoms with Crippen LogP contribution in [0.25, 0.3) is 6.08 Å². The summed E-state index contributed by atoms with van der Waals surface area (Å²) in [5.41, 5.74) is 2.88. The molecule has 4 nitrogen and oxygen atoms in total. The Morgan fingerprint density at radius 2 is 2.04 bits per heavy atom. The molecule has 0 aromatic heterocycles. The molecule has 3 rings (SSSR count). The van der Waals surface area contributed by atoms with Gasteiger partial charge in [0.1, 0.15) is 12.4 Å². The highest BCUT2D eigenvalue weighted by Crippen LogP contribution is 2.31. The standard InChI is InChI=1S/C20H17BrN2O2S/c1-3-10-25-17-9-6-14(11-16(17)21)12-18-19(24)23-20(26-18)22-15-7-4-13(2)5-8-15/h3-9,11-12H,1,10H2,2H3,(H,22,23,24)/b18-12-. The van der Waals surface area contributed by atoms with Crippen molar-refractivity contribution in [2.45, 2.75) is 6.92 Å². The molecule has 1 N–H and O–H groups in total. The van der Waals surface area contributed by atoms with Gasteiger partial charge >= 0.3 is 0 Å². The predicted molar refractivity (Wildman–Crippen MR) is 112 cm³/mol. The highest BCUT2D eigenvalue weighted by atomic mass is 79.9. The van der Waals surface area contributed by atoms with Gasteiger partial charge < -0.3 is 10.1 Å². The molecule has 0 atom stereocenters. The van der Waals surface area contributed by atoms with Crippen LogP contribution in [0, 0.1) is 6.92 Å². The Kier molecular flexibility index (Phi) is 5.96. The number of ether oxygens (including phenoxy) is 1. The smallest absolute Gasteiger partial charge is 0.264 e. The molecule has 0 unspecified atom stereocenters. The SMILES string of the molecule is C=CCOc1ccc(/C=C2\SC(=Nc3ccc(C)cc3)NC2=O)cc1Br. The maximum atomic E-state index is 12.2. The summed E-state index contributed by atoms with van der Waals surface area (Å²) in [4.78, 5) is 17.3. The number of hydrogen-bond donors (Lipinski definition) is 1. The Balaban J connectivity index is 1.77. The number of nitrogens with one attached hydrogen (secondary N) is 1. The average molecular weight is 429 g/mol. The van der Waals surface area contributed by atoms with Crippen LogP contribution >= 0.6 is 27.7 Å². The van der Waals surface area contributed by atoms with Crippen LogP contribution in [0.2, 0.25) is 0 Å². The lowest BCUT2D eigenvalue weighted by molar-refractivity contribution is -0.115. The summed E-state index contributed by atoms with van der Waals surface area (Å²) in [5, 5.41) is 3.38. The van der Waals surface area contributed by atoms with E-state index in [1.807, 2.05) is 55.5 Å². The van der Waals surface area contributed by atoms with Crippen LogP contribution in [0.5, 0.6) is 5.75 Å². The van der Waals surface area contributed by atoms with Gasteiger partial charge in [-0.2, -0.15) is 0 Å². The molecule has 2 aromatic rings. The van der Waals surface area contributed by atoms with Crippen LogP contribution in [0.15, 0.2) is 69.5 Å². The maximum Gasteiger partial charge on any atom is 0.264 e. The third kappa shape index (κ3) is 4.65. The van der Waals surface area contributed by atoms with Crippen molar-refractivity contribution in [1.82, 2.24) is 5.32 Å². The van der Waals surface area contributed by atoms with Crippen molar-refractivity contribution in [1.29, 1.82) is 0 Å². The number of halogens is 1. The zero-order chi connectivity index (χ0) is 18.5. The number of aliphatic imine (C=N–C) groups is 1. The van der Waals surface area contributed by atoms with E-state index in [9.17, 15) is 4.79 Å². The van der Waals surface area contributed by atoms with Gasteiger partial charge in [-0.05, 0) is 70.5 Å². The number of aryl methyl sites for hydroxylation is 1. The largest absolute Gasteiger partial charge is 0.488 e. The number of thioether (sulfide) groups is 1. The zero-order valence-corrected chi connectivity index (χ0v) is 16.6. The third-order valence-corrected chi connectivity index (χ3v) is 5.06. The summed E-state index contributed by atoms with van der Waals surface area (Å²) in [6.07, 6.45) is 3.52. The summed E-state index contributed by atoms with van der Waals surface area (Å²) < 4.78 is 6.36. The lowest BCUT2D eigenvalue weighted by Crippen LogP contribution is -2.19. The van der Waals surface area contributed by atoms with Crippen LogP contribution in [-0.4, -0.2) is 17.7 Å². The molecule has 1 heterocycles. The third-order valence-electron chi connectivity index (χ3n) is 3.53. The summed E-state index contributed by atoms with van der Waals surface area (Å²) in [7, 11) is 0. The van der Waals surface area contributed by atoms with E-state index in [2.05, 4.69) is 32.8 Å². The number of amides is 1. The molecule has 1 amide bonds. The molecule has 1 aliphatic rings. The molecule has 0 aliphatic carbocycles. The lowest BCUT2D eigenvalue weighted by Gasteiger charge is -2.06. The van der Waals surface area contributed by atoms with E-state index < -0.39 is 0 Å². The van der Waals surface area contributed by atoms with Crippen molar-refractivity contribution < 1.29 is 9.53 Å². The second-order valence-corrected chi connectivity index (χ2v) is 7.49. The fraction of sp³-hybridized carbons (Fsp3) is 0.100. The Hall–Kier alpha value is -2.31. The Bertz CT molecular complexity index is 905. The van der Waals surface area contributed by atoms with Crippen LogP contribution in [0.4, 0.5) is 5.69 Å². The predicted octanol–water partition coefficient (Wildman–Crippen LogP) is 5.21. The molecule has 2 aromatic carbocycles. The van der Waals surface area contributed by atoms with Gasteiger partial charge in [-0.3, -0.25) is 4.79 Å². The molecule has 0 spiro atoms. The number of nitrogens with zero attached hydrogens (tertiary/aromatic N) is 1. The quantitative estimate of drug-likeness (QED) is 0.524. The number of rotatable bonds is 5. The Labute approximate surface area is 165 Å². The van der Waals surface area contributed by atoms with Crippen LogP contribution in [0.3, 0.4) is 0 Å². The molecule has 1 aliphatic heterocycles. The average Bonchev–Trinajstić information content (AvgIpc) is 2.95. The molecule has 132 valence electrons. The van der Waals surface area contributed by atoms with Gasteiger partial charge in [0, 0.05) is 0 Å². The summed E-state index contributed by atoms with van der Waals surface area (Å²) in [6, 6.07) is 13.5. The van der Waals surface area contributed by atoms with Crippen LogP contribution < -0.4 is 10.1 Å². The molecule has 0 saturated carbocycles. The first kappa shape index (κ1) is 18.5. The minimum atomic E-state index is -0.149. The van der Waals surface area contributed by atoms with Crippen molar-refractivity contribution in [3.8, 4) is 5.75 Å². The van der Waals surface area contributed by atoms with E-state index in [-0.39, 0.29) is 5.91 Å². The van der Waals surface area contributed by atoms with Crippen molar-refractivity contribution in [2.24, 2.45) is 4.99 Å². The van der Waals surface area contributed by atoms with Gasteiger partial charge in [-0.15, -0.1) is 0 Å². The van der Waals surface area contributed by atoms with Gasteiger partial charge in [-0.25, -0.2) is 4.99 Å². The van der Waals surface area contributed by atoms with Gasteiger partial charge in [-0.1, -0.05) is 36.4 Å². The van der Waals surface area contributed by atoms with E-state index in [4.69, 9.17) is 4.74 Å². The van der Waals surface area contributed by atoms with Crippen LogP contribution in [0.1, 0.15) is 11.1 Å². The number of hydrogen-bond acceptors (Lipinski definition) is 4. The minimum absolute atomic E-state index is 0.149. The fourth-order valence-corrected chi connectivity index (χ4v) is 3.59. The number of amidine groups is 1. The number of carbonyl (C=O) groups excluding carboxylic acids is 1. The van der Waals surface area contributed by atoms with Gasteiger partial charge in [0.2, 0.25) is 0 Å². The van der Waals surface area contributed by atoms with Crippen molar-refractivity contribution in [3.63, 3.8) is 0 Å². The highest BCUT2D eigenvalue weighted by Gasteiger charge is 2.23. The topological polar surface area (TPSA) is 50.7 Å². The molecule has 1 saturated heterocycles. The van der Waals surface area contributed by atoms with Crippen molar-refractivity contribution in [3.05, 3.63) is 75.6 Å². The normalized spacial score (nSPS) is 16.8. The Morgan fingerprint density at radius 3 is 2.73 bits per heavy atom. The van der Waals surface area contributed by atoms with Crippen LogP contribution in [-0.2, 0) is 4.79 Å². The van der Waals surface area contributed by atoms with Gasteiger partial charge in [0.15, 0.2) is 5.17 Å². The lowest BCUT2D eigenvalue weighted by atomic mass is 10.2. The second kappa shape index (κ2) is 8.38. The number of benzene rings is 2. The minimum Gasteiger partial charge on any atom is -0.488 e. The first-order valence-electron chi connectivity index (χ1n) is 7.94. The summed E-state index contributed by atoms with van der Waals surface area (Å²) in [5.74, 6) is 0.584. The first-order valence-corrected chi connectivity index (χ1v) is 9.55. The zero-order valence-electron chi connectivity index (χ0n) is 14.2. The highest BCUT2D eigenvalue weighted by molar-refractivity contribution is 9.10. The monoisotopic (exact) mass is 428 g/mol. The van der Waals surface area contributed by atoms with E-state index in [1.54, 1.807) is 6.08 Å². The Morgan fingerprint density at radius 1 is 1.27 bits per heavy atom. The van der Waals surface area contributed by atoms with E-state index in [0.717, 1.165) is 21.5 Å². The molecule has 6 heteroatoms. The molecular formula is C20H17BrN2O2S. The fourth-order valence-electron chi connectivity index (χ4n) is 2.24. The molecule has 0 bridgehead atoms. The van der Waals surface area contributed by atoms with Crippen molar-refractivity contribution >= 4 is 50.5 Å². The number of carbonyl (C=O) groups is 1. The summed E-state index contributed by atoms with van der Waals surface area (Å²) in [6.45, 7) is 6.10. The maximum absolute atomic E-state index is 12.2. The molecule has 1 fully saturated rings. The van der Waals surface area contributed by atoms with E-state index in [0.29, 0.717) is 16.7 Å². The summed E-state index contributed by atoms with van der Waals surface area (Å²) >= 11 is 4.81. The van der Waals surface area contributed by atoms with Gasteiger partial charge in [0.25, 0.3) is 5.91 Å².